The number of hydrogen-bond acceptors (Lipinski definition) is 13. The van der Waals surface area contributed by atoms with Gasteiger partial charge in [0.05, 0.1) is 41.3 Å². The summed E-state index contributed by atoms with van der Waals surface area (Å²) in [7, 11) is 1.44. The predicted molar refractivity (Wildman–Crippen MR) is 238 cm³/mol. The third kappa shape index (κ3) is 11.1. The van der Waals surface area contributed by atoms with E-state index in [4.69, 9.17) is 18.9 Å². The van der Waals surface area contributed by atoms with E-state index in [0.29, 0.717) is 25.9 Å². The van der Waals surface area contributed by atoms with Crippen LogP contribution >= 0.6 is 0 Å². The standard InChI is InChI=1S/C49H70N2O12/c1-12-14-16-18-24-51(25-19-17-15-13-2)39-38-43(56)36-35(44(39)57)37-46(32(8)42(36)55)63-49(10,47(37)58)61-26-23-34(60-11)29(5)45(62-33(9)52)31(7)41(54)30(6)40(53)27(3)21-20-22-28(4)48(59)50-38/h20-23,26-27,29-31,34,40-41,45,53-55H,12-19,24-25H2,1-11H3,(H,50,59)/b21-20+,26-23+,28-22-/t27-,29+,30+,31-,34-,40-,41-,45+,49-/m0/s1. The smallest absolute Gasteiger partial charge is 0.312 e. The summed E-state index contributed by atoms with van der Waals surface area (Å²) in [5.74, 6) is -8.84. The summed E-state index contributed by atoms with van der Waals surface area (Å²) in [6.45, 7) is 17.5. The van der Waals surface area contributed by atoms with Gasteiger partial charge in [-0.25, -0.2) is 0 Å². The van der Waals surface area contributed by atoms with E-state index in [1.165, 1.54) is 46.3 Å². The van der Waals surface area contributed by atoms with Gasteiger partial charge < -0.3 is 44.5 Å². The van der Waals surface area contributed by atoms with Crippen molar-refractivity contribution in [2.75, 3.05) is 20.2 Å². The van der Waals surface area contributed by atoms with Crippen molar-refractivity contribution in [3.8, 4) is 11.5 Å². The Hall–Kier alpha value is -4.79. The maximum Gasteiger partial charge on any atom is 0.312 e. The minimum absolute atomic E-state index is 0.0251. The van der Waals surface area contributed by atoms with E-state index in [1.807, 2.05) is 4.90 Å². The van der Waals surface area contributed by atoms with Gasteiger partial charge in [-0.05, 0) is 32.8 Å². The number of carbonyl (C=O) groups excluding carboxylic acids is 5. The predicted octanol–water partition coefficient (Wildman–Crippen LogP) is 7.42. The zero-order valence-corrected chi connectivity index (χ0v) is 39.0. The summed E-state index contributed by atoms with van der Waals surface area (Å²) in [5.41, 5.74) is -1.14. The molecule has 14 heteroatoms. The molecule has 5 bridgehead atoms. The number of ether oxygens (including phenoxy) is 4. The van der Waals surface area contributed by atoms with Crippen molar-refractivity contribution in [3.63, 3.8) is 0 Å². The SMILES string of the molecule is CCCCCCN(CCCCCC)C1=C2NC(=O)/C(C)=C\C=C\[C@H](C)[C@H](O)[C@@H](C)[C@H](O)[C@H](C)[C@H](OC(C)=O)[C@H](C)[C@@H](OC)/C=C/O[C@@]3(C)Oc4c(C)c(O)c(c(c4C3=O)C1=O)C2=O. The van der Waals surface area contributed by atoms with Crippen molar-refractivity contribution < 1.29 is 58.2 Å². The van der Waals surface area contributed by atoms with Crippen LogP contribution in [0.2, 0.25) is 0 Å². The van der Waals surface area contributed by atoms with Crippen LogP contribution in [-0.2, 0) is 23.8 Å². The number of esters is 1. The molecular weight excluding hydrogens is 809 g/mol. The van der Waals surface area contributed by atoms with Crippen LogP contribution in [0.15, 0.2) is 47.5 Å². The number of rotatable bonds is 13. The average Bonchev–Trinajstić information content (AvgIpc) is 3.51. The maximum absolute atomic E-state index is 15.2. The molecule has 0 saturated carbocycles. The molecule has 0 fully saturated rings. The van der Waals surface area contributed by atoms with Crippen LogP contribution in [0.25, 0.3) is 0 Å². The fourth-order valence-electron chi connectivity index (χ4n) is 8.77. The van der Waals surface area contributed by atoms with Gasteiger partial charge >= 0.3 is 11.8 Å². The summed E-state index contributed by atoms with van der Waals surface area (Å²) < 4.78 is 23.8. The number of ketones is 3. The third-order valence-corrected chi connectivity index (χ3v) is 12.8. The van der Waals surface area contributed by atoms with Crippen molar-refractivity contribution in [3.05, 3.63) is 69.8 Å². The second kappa shape index (κ2) is 22.2. The van der Waals surface area contributed by atoms with E-state index < -0.39 is 94.4 Å². The van der Waals surface area contributed by atoms with Gasteiger partial charge in [-0.15, -0.1) is 0 Å². The Morgan fingerprint density at radius 2 is 1.46 bits per heavy atom. The molecule has 4 N–H and O–H groups in total. The normalized spacial score (nSPS) is 30.0. The van der Waals surface area contributed by atoms with E-state index in [1.54, 1.807) is 46.8 Å². The number of aromatic hydroxyl groups is 1. The molecule has 0 radical (unpaired) electrons. The summed E-state index contributed by atoms with van der Waals surface area (Å²) in [6, 6.07) is 0. The highest BCUT2D eigenvalue weighted by atomic mass is 16.7. The Morgan fingerprint density at radius 3 is 2.03 bits per heavy atom. The van der Waals surface area contributed by atoms with Crippen molar-refractivity contribution in [1.82, 2.24) is 10.2 Å². The lowest BCUT2D eigenvalue weighted by atomic mass is 9.78. The topological polar surface area (TPSA) is 198 Å². The molecule has 5 rings (SSSR count). The van der Waals surface area contributed by atoms with Gasteiger partial charge in [0.15, 0.2) is 0 Å². The van der Waals surface area contributed by atoms with Crippen LogP contribution in [0.1, 0.15) is 150 Å². The number of nitrogens with one attached hydrogen (secondary N) is 1. The van der Waals surface area contributed by atoms with Crippen LogP contribution in [0, 0.1) is 30.6 Å². The molecule has 1 amide bonds. The van der Waals surface area contributed by atoms with E-state index >= 15 is 4.79 Å². The number of hydrogen-bond donors (Lipinski definition) is 4. The number of aliphatic hydroxyl groups is 2. The van der Waals surface area contributed by atoms with Gasteiger partial charge in [0, 0.05) is 68.9 Å². The molecule has 9 atom stereocenters. The molecule has 3 heterocycles. The largest absolute Gasteiger partial charge is 0.507 e. The number of phenols is 1. The summed E-state index contributed by atoms with van der Waals surface area (Å²) in [5, 5.41) is 37.4. The number of fused-ring (bicyclic) bond motifs is 14. The van der Waals surface area contributed by atoms with Crippen LogP contribution in [0.4, 0.5) is 0 Å². The fourth-order valence-corrected chi connectivity index (χ4v) is 8.77. The molecule has 1 aromatic rings. The summed E-state index contributed by atoms with van der Waals surface area (Å²) >= 11 is 0. The molecule has 0 unspecified atom stereocenters. The molecular formula is C49H70N2O12. The molecule has 14 nitrogen and oxygen atoms in total. The zero-order chi connectivity index (χ0) is 46.9. The summed E-state index contributed by atoms with van der Waals surface area (Å²) in [4.78, 5) is 72.9. The minimum atomic E-state index is -2.07. The van der Waals surface area contributed by atoms with Crippen molar-refractivity contribution in [2.24, 2.45) is 23.7 Å². The number of Topliss-reactive ketones (excluding diaryl/α,β-unsaturated/α-hetero) is 3. The lowest BCUT2D eigenvalue weighted by Gasteiger charge is -2.38. The van der Waals surface area contributed by atoms with Gasteiger partial charge in [0.1, 0.15) is 29.0 Å². The molecule has 1 aliphatic carbocycles. The monoisotopic (exact) mass is 878 g/mol. The number of amides is 1. The lowest BCUT2D eigenvalue weighted by molar-refractivity contribution is -0.160. The van der Waals surface area contributed by atoms with Crippen molar-refractivity contribution in [2.45, 2.75) is 151 Å². The number of nitrogens with zero attached hydrogens (tertiary/aromatic N) is 1. The quantitative estimate of drug-likeness (QED) is 0.113. The van der Waals surface area contributed by atoms with Gasteiger partial charge in [0.2, 0.25) is 11.6 Å². The zero-order valence-electron chi connectivity index (χ0n) is 39.0. The van der Waals surface area contributed by atoms with Gasteiger partial charge in [-0.3, -0.25) is 24.0 Å². The lowest BCUT2D eigenvalue weighted by Crippen LogP contribution is -2.46. The second-order valence-corrected chi connectivity index (χ2v) is 17.6. The number of methoxy groups -OCH3 is 1. The molecule has 0 aromatic heterocycles. The maximum atomic E-state index is 15.2. The van der Waals surface area contributed by atoms with Crippen molar-refractivity contribution >= 4 is 29.2 Å². The Kier molecular flexibility index (Phi) is 17.9. The molecule has 63 heavy (non-hydrogen) atoms. The van der Waals surface area contributed by atoms with Gasteiger partial charge in [0.25, 0.3) is 11.7 Å². The number of phenolic OH excluding ortho intramolecular Hbond substituents is 1. The molecule has 4 aliphatic rings. The highest BCUT2D eigenvalue weighted by Crippen LogP contribution is 2.49. The minimum Gasteiger partial charge on any atom is -0.507 e. The molecule has 0 saturated heterocycles. The van der Waals surface area contributed by atoms with Gasteiger partial charge in [-0.1, -0.05) is 98.3 Å². The first-order valence-electron chi connectivity index (χ1n) is 22.6. The number of allylic oxidation sites excluding steroid dienone is 4. The number of unbranched alkanes of at least 4 members (excludes halogenated alkanes) is 6. The van der Waals surface area contributed by atoms with Crippen LogP contribution in [0.5, 0.6) is 11.5 Å². The van der Waals surface area contributed by atoms with Crippen molar-refractivity contribution in [1.29, 1.82) is 0 Å². The van der Waals surface area contributed by atoms with E-state index in [0.717, 1.165) is 38.5 Å². The number of aliphatic hydroxyl groups excluding tert-OH is 2. The van der Waals surface area contributed by atoms with Crippen LogP contribution in [0.3, 0.4) is 0 Å². The first-order chi connectivity index (χ1) is 29.8. The highest BCUT2D eigenvalue weighted by molar-refractivity contribution is 6.32. The van der Waals surface area contributed by atoms with E-state index in [2.05, 4.69) is 19.2 Å². The second-order valence-electron chi connectivity index (χ2n) is 17.6. The first-order valence-corrected chi connectivity index (χ1v) is 22.6. The van der Waals surface area contributed by atoms with Gasteiger partial charge in [-0.2, -0.15) is 0 Å². The third-order valence-electron chi connectivity index (χ3n) is 12.8. The van der Waals surface area contributed by atoms with Crippen LogP contribution < -0.4 is 10.1 Å². The Morgan fingerprint density at radius 1 is 0.841 bits per heavy atom. The average molecular weight is 879 g/mol. The number of benzene rings is 1. The first kappa shape index (κ1) is 50.9. The fraction of sp³-hybridized carbons (Fsp3) is 0.612. The highest BCUT2D eigenvalue weighted by Gasteiger charge is 2.53. The van der Waals surface area contributed by atoms with Crippen LogP contribution in [-0.4, -0.2) is 99.8 Å². The summed E-state index contributed by atoms with van der Waals surface area (Å²) in [6.07, 6.45) is 10.6. The molecule has 3 aliphatic heterocycles. The molecule has 1 aromatic carbocycles. The van der Waals surface area contributed by atoms with E-state index in [-0.39, 0.29) is 39.4 Å². The molecule has 0 spiro atoms. The molecule has 348 valence electrons. The Bertz CT molecular complexity index is 1990. The number of carbonyl (C=O) groups is 5. The van der Waals surface area contributed by atoms with E-state index in [9.17, 15) is 34.5 Å². The Balaban J connectivity index is 1.96. The Labute approximate surface area is 372 Å².